The lowest BCUT2D eigenvalue weighted by molar-refractivity contribution is 0.713. The van der Waals surface area contributed by atoms with Crippen LogP contribution in [0.1, 0.15) is 33.5 Å². The first-order valence-corrected chi connectivity index (χ1v) is 8.08. The molecular weight excluding hydrogens is 256 g/mol. The highest BCUT2D eigenvalue weighted by molar-refractivity contribution is 8.00. The third-order valence-corrected chi connectivity index (χ3v) is 4.40. The van der Waals surface area contributed by atoms with Crippen molar-refractivity contribution in [1.82, 2.24) is 9.97 Å². The van der Waals surface area contributed by atoms with Crippen LogP contribution in [0.4, 0.5) is 11.6 Å². The second kappa shape index (κ2) is 6.46. The van der Waals surface area contributed by atoms with E-state index < -0.39 is 0 Å². The fourth-order valence-electron chi connectivity index (χ4n) is 2.44. The molecule has 2 rings (SSSR count). The van der Waals surface area contributed by atoms with Crippen molar-refractivity contribution in [1.29, 1.82) is 0 Å². The molecule has 2 unspecified atom stereocenters. The Labute approximate surface area is 120 Å². The predicted molar refractivity (Wildman–Crippen MR) is 84.3 cm³/mol. The molecule has 1 fully saturated rings. The van der Waals surface area contributed by atoms with Crippen LogP contribution in [0.15, 0.2) is 6.07 Å². The smallest absolute Gasteiger partial charge is 0.134 e. The molecule has 2 heterocycles. The summed E-state index contributed by atoms with van der Waals surface area (Å²) in [6.45, 7) is 11.8. The Morgan fingerprint density at radius 3 is 2.53 bits per heavy atom. The van der Waals surface area contributed by atoms with Crippen molar-refractivity contribution in [3.8, 4) is 0 Å². The maximum absolute atomic E-state index is 4.69. The van der Waals surface area contributed by atoms with Gasteiger partial charge in [0.15, 0.2) is 0 Å². The van der Waals surface area contributed by atoms with Gasteiger partial charge in [-0.05, 0) is 6.92 Å². The zero-order valence-electron chi connectivity index (χ0n) is 12.3. The van der Waals surface area contributed by atoms with E-state index in [-0.39, 0.29) is 0 Å². The van der Waals surface area contributed by atoms with E-state index in [1.54, 1.807) is 0 Å². The average molecular weight is 280 g/mol. The maximum Gasteiger partial charge on any atom is 0.134 e. The van der Waals surface area contributed by atoms with Crippen molar-refractivity contribution >= 4 is 23.4 Å². The summed E-state index contributed by atoms with van der Waals surface area (Å²) in [7, 11) is 0. The zero-order chi connectivity index (χ0) is 13.8. The lowest BCUT2D eigenvalue weighted by atomic mass is 10.3. The number of hydrogen-bond donors (Lipinski definition) is 1. The molecule has 0 aliphatic carbocycles. The molecule has 4 nitrogen and oxygen atoms in total. The molecule has 1 aromatic rings. The van der Waals surface area contributed by atoms with Gasteiger partial charge in [-0.25, -0.2) is 9.97 Å². The number of nitrogens with one attached hydrogen (secondary N) is 1. The van der Waals surface area contributed by atoms with Crippen LogP contribution in [0.25, 0.3) is 0 Å². The highest BCUT2D eigenvalue weighted by atomic mass is 32.2. The summed E-state index contributed by atoms with van der Waals surface area (Å²) in [4.78, 5) is 11.6. The molecule has 1 N–H and O–H groups in total. The molecule has 5 heteroatoms. The minimum Gasteiger partial charge on any atom is -0.370 e. The molecule has 0 radical (unpaired) electrons. The highest BCUT2D eigenvalue weighted by Crippen LogP contribution is 2.28. The molecule has 0 amide bonds. The van der Waals surface area contributed by atoms with Crippen molar-refractivity contribution in [2.45, 2.75) is 44.6 Å². The third-order valence-electron chi connectivity index (χ3n) is 3.18. The first-order valence-electron chi connectivity index (χ1n) is 7.14. The topological polar surface area (TPSA) is 41.0 Å². The Morgan fingerprint density at radius 2 is 1.95 bits per heavy atom. The number of nitrogens with zero attached hydrogens (tertiary/aromatic N) is 3. The van der Waals surface area contributed by atoms with Crippen molar-refractivity contribution in [2.75, 3.05) is 29.9 Å². The summed E-state index contributed by atoms with van der Waals surface area (Å²) in [6, 6.07) is 2.08. The van der Waals surface area contributed by atoms with E-state index in [2.05, 4.69) is 60.7 Å². The number of rotatable bonds is 4. The van der Waals surface area contributed by atoms with Crippen LogP contribution >= 0.6 is 11.8 Å². The summed E-state index contributed by atoms with van der Waals surface area (Å²) >= 11 is 2.06. The maximum atomic E-state index is 4.69. The molecule has 1 aliphatic heterocycles. The lowest BCUT2D eigenvalue weighted by Gasteiger charge is -2.35. The zero-order valence-corrected chi connectivity index (χ0v) is 13.1. The van der Waals surface area contributed by atoms with Gasteiger partial charge in [0.1, 0.15) is 17.5 Å². The van der Waals surface area contributed by atoms with Crippen LogP contribution < -0.4 is 10.2 Å². The Hall–Kier alpha value is -0.970. The molecule has 0 bridgehead atoms. The van der Waals surface area contributed by atoms with Crippen molar-refractivity contribution < 1.29 is 0 Å². The molecule has 0 aromatic carbocycles. The predicted octanol–water partition coefficient (Wildman–Crippen LogP) is 2.80. The van der Waals surface area contributed by atoms with Crippen LogP contribution in [0.3, 0.4) is 0 Å². The molecule has 1 aromatic heterocycles. The molecule has 19 heavy (non-hydrogen) atoms. The Bertz CT molecular complexity index is 414. The van der Waals surface area contributed by atoms with E-state index >= 15 is 0 Å². The summed E-state index contributed by atoms with van der Waals surface area (Å²) in [5.41, 5.74) is 0. The van der Waals surface area contributed by atoms with Gasteiger partial charge in [0, 0.05) is 42.6 Å². The summed E-state index contributed by atoms with van der Waals surface area (Å²) < 4.78 is 0. The van der Waals surface area contributed by atoms with Crippen LogP contribution in [-0.4, -0.2) is 40.1 Å². The number of aryl methyl sites for hydroxylation is 1. The van der Waals surface area contributed by atoms with E-state index in [9.17, 15) is 0 Å². The normalized spacial score (nSPS) is 23.5. The van der Waals surface area contributed by atoms with Gasteiger partial charge >= 0.3 is 0 Å². The molecular formula is C14H24N4S. The highest BCUT2D eigenvalue weighted by Gasteiger charge is 2.23. The monoisotopic (exact) mass is 280 g/mol. The Morgan fingerprint density at radius 1 is 1.26 bits per heavy atom. The largest absolute Gasteiger partial charge is 0.370 e. The summed E-state index contributed by atoms with van der Waals surface area (Å²) in [6.07, 6.45) is 0.875. The van der Waals surface area contributed by atoms with Crippen molar-refractivity contribution in [2.24, 2.45) is 0 Å². The Kier molecular flexibility index (Phi) is 4.91. The molecule has 106 valence electrons. The fourth-order valence-corrected chi connectivity index (χ4v) is 3.77. The van der Waals surface area contributed by atoms with Gasteiger partial charge in [-0.2, -0.15) is 11.8 Å². The average Bonchev–Trinajstić information content (AvgIpc) is 2.37. The first kappa shape index (κ1) is 14.4. The van der Waals surface area contributed by atoms with Gasteiger partial charge < -0.3 is 10.2 Å². The Balaban J connectivity index is 2.24. The molecule has 1 aliphatic rings. The number of hydrogen-bond acceptors (Lipinski definition) is 5. The van der Waals surface area contributed by atoms with E-state index in [0.717, 1.165) is 43.5 Å². The van der Waals surface area contributed by atoms with Crippen LogP contribution in [0.2, 0.25) is 0 Å². The second-order valence-corrected chi connectivity index (χ2v) is 6.96. The van der Waals surface area contributed by atoms with Crippen molar-refractivity contribution in [3.63, 3.8) is 0 Å². The molecule has 1 saturated heterocycles. The van der Waals surface area contributed by atoms with Gasteiger partial charge in [0.25, 0.3) is 0 Å². The van der Waals surface area contributed by atoms with Crippen molar-refractivity contribution in [3.05, 3.63) is 11.9 Å². The molecule has 0 spiro atoms. The number of anilines is 2. The third kappa shape index (κ3) is 3.75. The van der Waals surface area contributed by atoms with E-state index in [0.29, 0.717) is 10.5 Å². The quantitative estimate of drug-likeness (QED) is 0.918. The molecule has 2 atom stereocenters. The number of aromatic nitrogens is 2. The summed E-state index contributed by atoms with van der Waals surface area (Å²) in [5, 5.41) is 4.62. The van der Waals surface area contributed by atoms with E-state index in [1.165, 1.54) is 0 Å². The minimum atomic E-state index is 0.659. The fraction of sp³-hybridized carbons (Fsp3) is 0.714. The SMILES string of the molecule is CCNc1cc(N2CC(C)SC(C)C2)nc(CC)n1. The van der Waals surface area contributed by atoms with E-state index in [4.69, 9.17) is 4.98 Å². The van der Waals surface area contributed by atoms with Gasteiger partial charge in [0.2, 0.25) is 0 Å². The number of thioether (sulfide) groups is 1. The lowest BCUT2D eigenvalue weighted by Crippen LogP contribution is -2.41. The van der Waals surface area contributed by atoms with Gasteiger partial charge in [-0.15, -0.1) is 0 Å². The van der Waals surface area contributed by atoms with Gasteiger partial charge in [-0.1, -0.05) is 20.8 Å². The first-order chi connectivity index (χ1) is 9.12. The standard InChI is InChI=1S/C14H24N4S/c1-5-12-16-13(15-6-2)7-14(17-12)18-8-10(3)19-11(4)9-18/h7,10-11H,5-6,8-9H2,1-4H3,(H,15,16,17). The van der Waals surface area contributed by atoms with Crippen LogP contribution in [-0.2, 0) is 6.42 Å². The van der Waals surface area contributed by atoms with Crippen LogP contribution in [0.5, 0.6) is 0 Å². The van der Waals surface area contributed by atoms with Crippen LogP contribution in [0, 0.1) is 0 Å². The van der Waals surface area contributed by atoms with E-state index in [1.807, 2.05) is 0 Å². The van der Waals surface area contributed by atoms with Gasteiger partial charge in [0.05, 0.1) is 0 Å². The summed E-state index contributed by atoms with van der Waals surface area (Å²) in [5.74, 6) is 2.94. The van der Waals surface area contributed by atoms with Gasteiger partial charge in [-0.3, -0.25) is 0 Å². The minimum absolute atomic E-state index is 0.659. The second-order valence-electron chi connectivity index (χ2n) is 5.07. The molecule has 0 saturated carbocycles.